The first-order valence-corrected chi connectivity index (χ1v) is 9.91. The summed E-state index contributed by atoms with van der Waals surface area (Å²) >= 11 is 0. The first kappa shape index (κ1) is 20.0. The van der Waals surface area contributed by atoms with Gasteiger partial charge < -0.3 is 14.7 Å². The van der Waals surface area contributed by atoms with Crippen LogP contribution in [0.3, 0.4) is 0 Å². The fourth-order valence-electron chi connectivity index (χ4n) is 3.33. The van der Waals surface area contributed by atoms with E-state index in [4.69, 9.17) is 5.10 Å². The number of amides is 1. The number of carbonyl (C=O) groups excluding carboxylic acids is 1. The summed E-state index contributed by atoms with van der Waals surface area (Å²) in [4.78, 5) is 18.5. The summed E-state index contributed by atoms with van der Waals surface area (Å²) in [6.45, 7) is 7.68. The molecular weight excluding hydrogens is 382 g/mol. The summed E-state index contributed by atoms with van der Waals surface area (Å²) in [5, 5.41) is 21.4. The topological polar surface area (TPSA) is 95.7 Å². The Morgan fingerprint density at radius 1 is 1.00 bits per heavy atom. The number of likely N-dealkylation sites (N-methyl/N-ethyl adjacent to an activating group) is 1. The van der Waals surface area contributed by atoms with E-state index in [0.29, 0.717) is 24.6 Å². The summed E-state index contributed by atoms with van der Waals surface area (Å²) in [7, 11) is 5.58. The molecule has 0 radical (unpaired) electrons. The maximum Gasteiger partial charge on any atom is 0.274 e. The SMILES string of the molecule is CN(C)c1ccc(C(=O)N(C)C2CN(c3ccc4nnc(C(C)(C)C)n4n3)C2)nn1. The molecule has 10 nitrogen and oxygen atoms in total. The van der Waals surface area contributed by atoms with Gasteiger partial charge in [0.1, 0.15) is 5.82 Å². The molecule has 3 aromatic rings. The Hall–Kier alpha value is -3.30. The average Bonchev–Trinajstić information content (AvgIpc) is 3.10. The molecule has 1 amide bonds. The van der Waals surface area contributed by atoms with Crippen LogP contribution in [0.5, 0.6) is 0 Å². The Morgan fingerprint density at radius 3 is 2.33 bits per heavy atom. The molecular formula is C20H27N9O. The number of nitrogens with zero attached hydrogens (tertiary/aromatic N) is 9. The van der Waals surface area contributed by atoms with Crippen LogP contribution in [0.15, 0.2) is 24.3 Å². The molecule has 0 bridgehead atoms. The molecule has 3 aromatic heterocycles. The van der Waals surface area contributed by atoms with Gasteiger partial charge in [0, 0.05) is 39.6 Å². The van der Waals surface area contributed by atoms with Gasteiger partial charge >= 0.3 is 0 Å². The zero-order valence-electron chi connectivity index (χ0n) is 18.2. The van der Waals surface area contributed by atoms with Crippen molar-refractivity contribution in [3.05, 3.63) is 35.8 Å². The van der Waals surface area contributed by atoms with Gasteiger partial charge in [-0.05, 0) is 24.3 Å². The second-order valence-electron chi connectivity index (χ2n) is 8.88. The molecule has 0 unspecified atom stereocenters. The lowest BCUT2D eigenvalue weighted by molar-refractivity contribution is 0.0698. The molecule has 0 saturated carbocycles. The maximum atomic E-state index is 12.8. The highest BCUT2D eigenvalue weighted by Crippen LogP contribution is 2.25. The quantitative estimate of drug-likeness (QED) is 0.635. The van der Waals surface area contributed by atoms with Crippen molar-refractivity contribution in [3.8, 4) is 0 Å². The highest BCUT2D eigenvalue weighted by Gasteiger charge is 2.34. The monoisotopic (exact) mass is 409 g/mol. The van der Waals surface area contributed by atoms with Crippen LogP contribution >= 0.6 is 0 Å². The lowest BCUT2D eigenvalue weighted by Gasteiger charge is -2.44. The predicted octanol–water partition coefficient (Wildman–Crippen LogP) is 1.24. The third-order valence-corrected chi connectivity index (χ3v) is 5.30. The summed E-state index contributed by atoms with van der Waals surface area (Å²) in [5.74, 6) is 2.26. The number of anilines is 2. The molecule has 158 valence electrons. The van der Waals surface area contributed by atoms with Crippen molar-refractivity contribution in [1.29, 1.82) is 0 Å². The molecule has 1 aliphatic rings. The van der Waals surface area contributed by atoms with Gasteiger partial charge in [0.05, 0.1) is 6.04 Å². The molecule has 10 heteroatoms. The third-order valence-electron chi connectivity index (χ3n) is 5.30. The van der Waals surface area contributed by atoms with E-state index in [0.717, 1.165) is 17.3 Å². The predicted molar refractivity (Wildman–Crippen MR) is 114 cm³/mol. The smallest absolute Gasteiger partial charge is 0.274 e. The minimum absolute atomic E-state index is 0.0910. The number of hydrogen-bond donors (Lipinski definition) is 0. The van der Waals surface area contributed by atoms with Crippen LogP contribution in [0.1, 0.15) is 37.1 Å². The van der Waals surface area contributed by atoms with Crippen LogP contribution in [0, 0.1) is 0 Å². The van der Waals surface area contributed by atoms with Crippen molar-refractivity contribution in [1.82, 2.24) is 34.9 Å². The van der Waals surface area contributed by atoms with Gasteiger partial charge in [0.25, 0.3) is 5.91 Å². The molecule has 1 fully saturated rings. The summed E-state index contributed by atoms with van der Waals surface area (Å²) in [6.07, 6.45) is 0. The van der Waals surface area contributed by atoms with Crippen molar-refractivity contribution in [2.45, 2.75) is 32.2 Å². The highest BCUT2D eigenvalue weighted by atomic mass is 16.2. The lowest BCUT2D eigenvalue weighted by Crippen LogP contribution is -2.60. The summed E-state index contributed by atoms with van der Waals surface area (Å²) in [5.41, 5.74) is 0.923. The average molecular weight is 409 g/mol. The Kier molecular flexibility index (Phi) is 4.79. The van der Waals surface area contributed by atoms with Crippen molar-refractivity contribution >= 4 is 23.2 Å². The largest absolute Gasteiger partial charge is 0.361 e. The van der Waals surface area contributed by atoms with Crippen molar-refractivity contribution in [2.75, 3.05) is 44.0 Å². The molecule has 0 aromatic carbocycles. The standard InChI is InChI=1S/C20H27N9O/c1-20(2,3)19-24-23-16-9-10-17(25-29(16)19)28-11-13(12-28)27(6)18(30)14-7-8-15(22-21-14)26(4)5/h7-10,13H,11-12H2,1-6H3. The van der Waals surface area contributed by atoms with Crippen LogP contribution < -0.4 is 9.80 Å². The number of fused-ring (bicyclic) bond motifs is 1. The van der Waals surface area contributed by atoms with E-state index in [1.54, 1.807) is 28.6 Å². The van der Waals surface area contributed by atoms with E-state index in [-0.39, 0.29) is 17.4 Å². The number of rotatable bonds is 4. The van der Waals surface area contributed by atoms with E-state index < -0.39 is 0 Å². The van der Waals surface area contributed by atoms with Gasteiger partial charge in [0.2, 0.25) is 0 Å². The van der Waals surface area contributed by atoms with E-state index in [1.807, 2.05) is 31.1 Å². The second-order valence-corrected chi connectivity index (χ2v) is 8.88. The number of aromatic nitrogens is 6. The van der Waals surface area contributed by atoms with Crippen LogP contribution in [0.4, 0.5) is 11.6 Å². The van der Waals surface area contributed by atoms with Crippen LogP contribution in [-0.4, -0.2) is 81.1 Å². The molecule has 1 aliphatic heterocycles. The molecule has 0 spiro atoms. The van der Waals surface area contributed by atoms with Gasteiger partial charge in [-0.3, -0.25) is 4.79 Å². The Bertz CT molecular complexity index is 1060. The fraction of sp³-hybridized carbons (Fsp3) is 0.500. The molecule has 1 saturated heterocycles. The molecule has 4 heterocycles. The van der Waals surface area contributed by atoms with E-state index in [2.05, 4.69) is 46.1 Å². The fourth-order valence-corrected chi connectivity index (χ4v) is 3.33. The Labute approximate surface area is 175 Å². The van der Waals surface area contributed by atoms with Gasteiger partial charge in [-0.15, -0.1) is 25.5 Å². The van der Waals surface area contributed by atoms with Crippen LogP contribution in [-0.2, 0) is 5.41 Å². The van der Waals surface area contributed by atoms with Crippen LogP contribution in [0.2, 0.25) is 0 Å². The highest BCUT2D eigenvalue weighted by molar-refractivity contribution is 5.92. The molecule has 30 heavy (non-hydrogen) atoms. The molecule has 0 N–H and O–H groups in total. The Morgan fingerprint density at radius 2 is 1.73 bits per heavy atom. The minimum atomic E-state index is -0.154. The lowest BCUT2D eigenvalue weighted by atomic mass is 9.96. The van der Waals surface area contributed by atoms with Gasteiger partial charge in [-0.1, -0.05) is 20.8 Å². The zero-order chi connectivity index (χ0) is 21.6. The van der Waals surface area contributed by atoms with Gasteiger partial charge in [-0.25, -0.2) is 0 Å². The second kappa shape index (κ2) is 7.19. The Balaban J connectivity index is 1.44. The molecule has 0 atom stereocenters. The first-order valence-electron chi connectivity index (χ1n) is 9.91. The van der Waals surface area contributed by atoms with Gasteiger partial charge in [0.15, 0.2) is 23.0 Å². The third kappa shape index (κ3) is 3.53. The normalized spacial score (nSPS) is 14.7. The van der Waals surface area contributed by atoms with Crippen molar-refractivity contribution in [2.24, 2.45) is 0 Å². The molecule has 0 aliphatic carbocycles. The molecule has 4 rings (SSSR count). The summed E-state index contributed by atoms with van der Waals surface area (Å²) < 4.78 is 1.80. The van der Waals surface area contributed by atoms with E-state index in [1.165, 1.54) is 0 Å². The van der Waals surface area contributed by atoms with Gasteiger partial charge in [-0.2, -0.15) is 4.52 Å². The van der Waals surface area contributed by atoms with Crippen LogP contribution in [0.25, 0.3) is 5.65 Å². The van der Waals surface area contributed by atoms with Crippen molar-refractivity contribution < 1.29 is 4.79 Å². The number of hydrogen-bond acceptors (Lipinski definition) is 8. The minimum Gasteiger partial charge on any atom is -0.361 e. The van der Waals surface area contributed by atoms with E-state index >= 15 is 0 Å². The van der Waals surface area contributed by atoms with Crippen molar-refractivity contribution in [3.63, 3.8) is 0 Å². The number of carbonyl (C=O) groups is 1. The zero-order valence-corrected chi connectivity index (χ0v) is 18.2. The summed E-state index contributed by atoms with van der Waals surface area (Å²) in [6, 6.07) is 7.47. The first-order chi connectivity index (χ1) is 14.1. The van der Waals surface area contributed by atoms with E-state index in [9.17, 15) is 4.79 Å². The maximum absolute atomic E-state index is 12.8.